The number of nitrogens with zero attached hydrogens (tertiary/aromatic N) is 2. The lowest BCUT2D eigenvalue weighted by atomic mass is 10.0. The molecule has 0 unspecified atom stereocenters. The largest absolute Gasteiger partial charge is 0.476 e. The van der Waals surface area contributed by atoms with Gasteiger partial charge in [0.05, 0.1) is 5.69 Å². The van der Waals surface area contributed by atoms with E-state index >= 15 is 0 Å². The number of benzene rings is 1. The topological polar surface area (TPSA) is 55.1 Å². The molecule has 0 saturated heterocycles. The molecule has 0 aliphatic carbocycles. The molecular formula is C17H22N2O2. The molecule has 0 saturated carbocycles. The number of carboxylic acid groups (broad SMARTS) is 1. The molecule has 0 bridgehead atoms. The molecule has 0 spiro atoms. The first-order chi connectivity index (χ1) is 9.93. The molecule has 2 rings (SSSR count). The predicted octanol–water partition coefficient (Wildman–Crippen LogP) is 3.84. The summed E-state index contributed by atoms with van der Waals surface area (Å²) in [5.74, 6) is -0.978. The number of rotatable bonds is 5. The van der Waals surface area contributed by atoms with Crippen molar-refractivity contribution in [1.82, 2.24) is 9.78 Å². The van der Waals surface area contributed by atoms with Crippen LogP contribution in [-0.4, -0.2) is 20.9 Å². The second-order valence-electron chi connectivity index (χ2n) is 5.59. The van der Waals surface area contributed by atoms with Crippen molar-refractivity contribution in [1.29, 1.82) is 0 Å². The summed E-state index contributed by atoms with van der Waals surface area (Å²) in [4.78, 5) is 11.2. The van der Waals surface area contributed by atoms with Crippen molar-refractivity contribution in [3.05, 3.63) is 46.3 Å². The van der Waals surface area contributed by atoms with E-state index in [1.165, 1.54) is 5.56 Å². The molecule has 1 heterocycles. The maximum Gasteiger partial charge on any atom is 0.356 e. The van der Waals surface area contributed by atoms with Gasteiger partial charge in [-0.3, -0.25) is 0 Å². The summed E-state index contributed by atoms with van der Waals surface area (Å²) in [6, 6.07) is 5.90. The van der Waals surface area contributed by atoms with E-state index < -0.39 is 5.97 Å². The van der Waals surface area contributed by atoms with E-state index in [0.717, 1.165) is 41.8 Å². The van der Waals surface area contributed by atoms with Gasteiger partial charge in [0.15, 0.2) is 5.69 Å². The van der Waals surface area contributed by atoms with Crippen molar-refractivity contribution in [3.8, 4) is 5.69 Å². The van der Waals surface area contributed by atoms with Crippen molar-refractivity contribution in [3.63, 3.8) is 0 Å². The molecule has 21 heavy (non-hydrogen) atoms. The van der Waals surface area contributed by atoms with Crippen LogP contribution in [0.5, 0.6) is 0 Å². The summed E-state index contributed by atoms with van der Waals surface area (Å²) >= 11 is 0. The highest BCUT2D eigenvalue weighted by molar-refractivity contribution is 5.85. The highest BCUT2D eigenvalue weighted by Crippen LogP contribution is 2.23. The van der Waals surface area contributed by atoms with Gasteiger partial charge in [0.25, 0.3) is 0 Å². The van der Waals surface area contributed by atoms with Gasteiger partial charge in [-0.25, -0.2) is 9.48 Å². The molecule has 1 aromatic carbocycles. The summed E-state index contributed by atoms with van der Waals surface area (Å²) in [6.07, 6.45) is 2.93. The zero-order chi connectivity index (χ0) is 15.6. The first-order valence-corrected chi connectivity index (χ1v) is 7.34. The van der Waals surface area contributed by atoms with Crippen LogP contribution in [0, 0.1) is 20.8 Å². The molecule has 0 aliphatic heterocycles. The number of aromatic nitrogens is 2. The zero-order valence-corrected chi connectivity index (χ0v) is 13.1. The summed E-state index contributed by atoms with van der Waals surface area (Å²) in [5, 5.41) is 13.5. The molecule has 4 nitrogen and oxygen atoms in total. The minimum absolute atomic E-state index is 0.112. The molecule has 0 fully saturated rings. The summed E-state index contributed by atoms with van der Waals surface area (Å²) < 4.78 is 1.81. The lowest BCUT2D eigenvalue weighted by Gasteiger charge is -2.14. The minimum atomic E-state index is -0.978. The van der Waals surface area contributed by atoms with Gasteiger partial charge in [0.2, 0.25) is 0 Å². The van der Waals surface area contributed by atoms with Crippen LogP contribution >= 0.6 is 0 Å². The number of aromatic carboxylic acids is 1. The fourth-order valence-corrected chi connectivity index (χ4v) is 2.76. The third kappa shape index (κ3) is 3.15. The van der Waals surface area contributed by atoms with Gasteiger partial charge in [0.1, 0.15) is 0 Å². The highest BCUT2D eigenvalue weighted by atomic mass is 16.4. The average Bonchev–Trinajstić information content (AvgIpc) is 2.79. The van der Waals surface area contributed by atoms with Gasteiger partial charge in [-0.15, -0.1) is 0 Å². The summed E-state index contributed by atoms with van der Waals surface area (Å²) in [7, 11) is 0. The van der Waals surface area contributed by atoms with Crippen LogP contribution in [-0.2, 0) is 6.42 Å². The lowest BCUT2D eigenvalue weighted by molar-refractivity contribution is 0.0690. The molecule has 0 radical (unpaired) electrons. The van der Waals surface area contributed by atoms with Crippen LogP contribution in [0.4, 0.5) is 0 Å². The standard InChI is InChI=1S/C17H22N2O2/c1-5-6-7-14-10-15(17(20)21)18-19(14)16-12(3)8-11(2)9-13(16)4/h8-10H,5-7H2,1-4H3,(H,20,21). The van der Waals surface area contributed by atoms with Crippen molar-refractivity contribution in [2.75, 3.05) is 0 Å². The average molecular weight is 286 g/mol. The Morgan fingerprint density at radius 1 is 1.19 bits per heavy atom. The van der Waals surface area contributed by atoms with Crippen LogP contribution < -0.4 is 0 Å². The maximum absolute atomic E-state index is 11.2. The Morgan fingerprint density at radius 3 is 2.33 bits per heavy atom. The van der Waals surface area contributed by atoms with E-state index in [1.54, 1.807) is 6.07 Å². The number of aryl methyl sites for hydroxylation is 4. The zero-order valence-electron chi connectivity index (χ0n) is 13.1. The normalized spacial score (nSPS) is 10.9. The molecule has 1 N–H and O–H groups in total. The number of unbranched alkanes of at least 4 members (excludes halogenated alkanes) is 1. The molecule has 0 amide bonds. The van der Waals surface area contributed by atoms with Crippen LogP contribution in [0.2, 0.25) is 0 Å². The molecule has 4 heteroatoms. The van der Waals surface area contributed by atoms with Gasteiger partial charge in [0, 0.05) is 5.69 Å². The Bertz CT molecular complexity index is 648. The van der Waals surface area contributed by atoms with Crippen LogP contribution in [0.25, 0.3) is 5.69 Å². The Balaban J connectivity index is 2.59. The van der Waals surface area contributed by atoms with Crippen molar-refractivity contribution >= 4 is 5.97 Å². The van der Waals surface area contributed by atoms with E-state index in [2.05, 4.69) is 31.1 Å². The van der Waals surface area contributed by atoms with Crippen LogP contribution in [0.15, 0.2) is 18.2 Å². The van der Waals surface area contributed by atoms with E-state index in [4.69, 9.17) is 0 Å². The molecule has 0 aliphatic rings. The highest BCUT2D eigenvalue weighted by Gasteiger charge is 2.16. The number of carboxylic acids is 1. The molecular weight excluding hydrogens is 264 g/mol. The van der Waals surface area contributed by atoms with Gasteiger partial charge >= 0.3 is 5.97 Å². The summed E-state index contributed by atoms with van der Waals surface area (Å²) in [6.45, 7) is 8.27. The molecule has 2 aromatic rings. The van der Waals surface area contributed by atoms with Crippen molar-refractivity contribution in [2.24, 2.45) is 0 Å². The Kier molecular flexibility index (Phi) is 4.46. The number of hydrogen-bond acceptors (Lipinski definition) is 2. The first kappa shape index (κ1) is 15.3. The predicted molar refractivity (Wildman–Crippen MR) is 83.3 cm³/mol. The first-order valence-electron chi connectivity index (χ1n) is 7.34. The van der Waals surface area contributed by atoms with Crippen molar-refractivity contribution < 1.29 is 9.90 Å². The second kappa shape index (κ2) is 6.12. The Labute approximate surface area is 125 Å². The SMILES string of the molecule is CCCCc1cc(C(=O)O)nn1-c1c(C)cc(C)cc1C. The van der Waals surface area contributed by atoms with Gasteiger partial charge in [-0.2, -0.15) is 5.10 Å². The molecule has 1 aromatic heterocycles. The number of carbonyl (C=O) groups is 1. The van der Waals surface area contributed by atoms with Crippen LogP contribution in [0.3, 0.4) is 0 Å². The van der Waals surface area contributed by atoms with E-state index in [1.807, 2.05) is 18.5 Å². The smallest absolute Gasteiger partial charge is 0.356 e. The quantitative estimate of drug-likeness (QED) is 0.908. The van der Waals surface area contributed by atoms with Gasteiger partial charge in [-0.05, 0) is 50.8 Å². The van der Waals surface area contributed by atoms with E-state index in [9.17, 15) is 9.90 Å². The van der Waals surface area contributed by atoms with Crippen LogP contribution in [0.1, 0.15) is 52.6 Å². The molecule has 112 valence electrons. The van der Waals surface area contributed by atoms with E-state index in [0.29, 0.717) is 0 Å². The lowest BCUT2D eigenvalue weighted by Crippen LogP contribution is -2.08. The maximum atomic E-state index is 11.2. The summed E-state index contributed by atoms with van der Waals surface area (Å²) in [5.41, 5.74) is 5.51. The number of hydrogen-bond donors (Lipinski definition) is 1. The minimum Gasteiger partial charge on any atom is -0.476 e. The monoisotopic (exact) mass is 286 g/mol. The second-order valence-corrected chi connectivity index (χ2v) is 5.59. The third-order valence-electron chi connectivity index (χ3n) is 3.64. The van der Waals surface area contributed by atoms with E-state index in [-0.39, 0.29) is 5.69 Å². The van der Waals surface area contributed by atoms with Gasteiger partial charge in [-0.1, -0.05) is 31.0 Å². The Morgan fingerprint density at radius 2 is 1.81 bits per heavy atom. The Hall–Kier alpha value is -2.10. The van der Waals surface area contributed by atoms with Crippen molar-refractivity contribution in [2.45, 2.75) is 47.0 Å². The fourth-order valence-electron chi connectivity index (χ4n) is 2.76. The van der Waals surface area contributed by atoms with Gasteiger partial charge < -0.3 is 5.11 Å². The fraction of sp³-hybridized carbons (Fsp3) is 0.412. The third-order valence-corrected chi connectivity index (χ3v) is 3.64. The molecule has 0 atom stereocenters.